The molecule has 17 heavy (non-hydrogen) atoms. The molecule has 2 heterocycles. The summed E-state index contributed by atoms with van der Waals surface area (Å²) in [5, 5.41) is 3.55. The number of pyridine rings is 1. The third-order valence-corrected chi connectivity index (χ3v) is 3.55. The Morgan fingerprint density at radius 2 is 2.35 bits per heavy atom. The van der Waals surface area contributed by atoms with Crippen LogP contribution < -0.4 is 5.32 Å². The number of nitrogens with zero attached hydrogens (tertiary/aromatic N) is 2. The van der Waals surface area contributed by atoms with Crippen LogP contribution in [0.15, 0.2) is 18.5 Å². The molecule has 2 rings (SSSR count). The quantitative estimate of drug-likeness (QED) is 0.842. The predicted molar refractivity (Wildman–Crippen MR) is 70.9 cm³/mol. The molecule has 0 radical (unpaired) electrons. The third kappa shape index (κ3) is 3.51. The fourth-order valence-corrected chi connectivity index (χ4v) is 2.64. The van der Waals surface area contributed by atoms with Gasteiger partial charge in [0.25, 0.3) is 0 Å². The normalized spacial score (nSPS) is 20.9. The lowest BCUT2D eigenvalue weighted by Crippen LogP contribution is -2.37. The number of likely N-dealkylation sites (tertiary alicyclic amines) is 1. The SMILES string of the molecule is CCN1CCCC1CNCc1cncc(C)c1. The topological polar surface area (TPSA) is 28.2 Å². The second kappa shape index (κ2) is 6.12. The van der Waals surface area contributed by atoms with Gasteiger partial charge in [-0.3, -0.25) is 9.88 Å². The summed E-state index contributed by atoms with van der Waals surface area (Å²) in [6, 6.07) is 2.93. The highest BCUT2D eigenvalue weighted by atomic mass is 15.2. The molecule has 1 aliphatic rings. The number of likely N-dealkylation sites (N-methyl/N-ethyl adjacent to an activating group) is 1. The van der Waals surface area contributed by atoms with Crippen LogP contribution in [0.4, 0.5) is 0 Å². The standard InChI is InChI=1S/C14H23N3/c1-3-17-6-4-5-14(17)11-16-10-13-7-12(2)8-15-9-13/h7-9,14,16H,3-6,10-11H2,1-2H3. The van der Waals surface area contributed by atoms with E-state index in [4.69, 9.17) is 0 Å². The van der Waals surface area contributed by atoms with Crippen LogP contribution in [-0.2, 0) is 6.54 Å². The van der Waals surface area contributed by atoms with Gasteiger partial charge in [-0.05, 0) is 44.0 Å². The fraction of sp³-hybridized carbons (Fsp3) is 0.643. The van der Waals surface area contributed by atoms with Gasteiger partial charge in [-0.1, -0.05) is 13.0 Å². The molecule has 3 nitrogen and oxygen atoms in total. The van der Waals surface area contributed by atoms with Crippen molar-refractivity contribution in [1.82, 2.24) is 15.2 Å². The molecule has 1 fully saturated rings. The molecule has 0 amide bonds. The monoisotopic (exact) mass is 233 g/mol. The Kier molecular flexibility index (Phi) is 4.51. The van der Waals surface area contributed by atoms with Crippen LogP contribution in [0.25, 0.3) is 0 Å². The Hall–Kier alpha value is -0.930. The summed E-state index contributed by atoms with van der Waals surface area (Å²) in [6.45, 7) is 8.83. The molecule has 1 aromatic heterocycles. The fourth-order valence-electron chi connectivity index (χ4n) is 2.64. The molecule has 0 spiro atoms. The zero-order valence-corrected chi connectivity index (χ0v) is 10.9. The van der Waals surface area contributed by atoms with Crippen molar-refractivity contribution < 1.29 is 0 Å². The van der Waals surface area contributed by atoms with E-state index in [2.05, 4.69) is 35.1 Å². The smallest absolute Gasteiger partial charge is 0.0313 e. The highest BCUT2D eigenvalue weighted by Gasteiger charge is 2.21. The van der Waals surface area contributed by atoms with Crippen molar-refractivity contribution in [2.24, 2.45) is 0 Å². The number of rotatable bonds is 5. The first-order valence-electron chi connectivity index (χ1n) is 6.65. The minimum atomic E-state index is 0.734. The van der Waals surface area contributed by atoms with E-state index in [-0.39, 0.29) is 0 Å². The molecular weight excluding hydrogens is 210 g/mol. The Balaban J connectivity index is 1.76. The molecule has 1 aromatic rings. The van der Waals surface area contributed by atoms with E-state index in [1.165, 1.54) is 37.1 Å². The average Bonchev–Trinajstić information content (AvgIpc) is 2.77. The van der Waals surface area contributed by atoms with Crippen LogP contribution in [0, 0.1) is 6.92 Å². The van der Waals surface area contributed by atoms with Crippen LogP contribution >= 0.6 is 0 Å². The lowest BCUT2D eigenvalue weighted by atomic mass is 10.2. The van der Waals surface area contributed by atoms with Crippen molar-refractivity contribution in [2.75, 3.05) is 19.6 Å². The number of nitrogens with one attached hydrogen (secondary N) is 1. The summed E-state index contributed by atoms with van der Waals surface area (Å²) in [4.78, 5) is 6.79. The molecule has 94 valence electrons. The Bertz CT molecular complexity index is 351. The summed E-state index contributed by atoms with van der Waals surface area (Å²) in [6.07, 6.45) is 6.55. The maximum absolute atomic E-state index is 4.22. The van der Waals surface area contributed by atoms with Crippen molar-refractivity contribution in [2.45, 2.75) is 39.3 Å². The van der Waals surface area contributed by atoms with Gasteiger partial charge >= 0.3 is 0 Å². The van der Waals surface area contributed by atoms with Gasteiger partial charge in [-0.15, -0.1) is 0 Å². The number of hydrogen-bond acceptors (Lipinski definition) is 3. The largest absolute Gasteiger partial charge is 0.311 e. The molecule has 1 atom stereocenters. The molecular formula is C14H23N3. The summed E-state index contributed by atoms with van der Waals surface area (Å²) in [5.74, 6) is 0. The molecule has 1 saturated heterocycles. The van der Waals surface area contributed by atoms with E-state index in [0.29, 0.717) is 0 Å². The lowest BCUT2D eigenvalue weighted by molar-refractivity contribution is 0.260. The van der Waals surface area contributed by atoms with Crippen molar-refractivity contribution in [3.8, 4) is 0 Å². The van der Waals surface area contributed by atoms with Crippen LogP contribution in [0.1, 0.15) is 30.9 Å². The molecule has 1 N–H and O–H groups in total. The molecule has 1 aliphatic heterocycles. The van der Waals surface area contributed by atoms with Crippen molar-refractivity contribution >= 4 is 0 Å². The highest BCUT2D eigenvalue weighted by molar-refractivity contribution is 5.16. The first-order chi connectivity index (χ1) is 8.29. The lowest BCUT2D eigenvalue weighted by Gasteiger charge is -2.22. The van der Waals surface area contributed by atoms with E-state index in [1.807, 2.05) is 12.4 Å². The van der Waals surface area contributed by atoms with Crippen LogP contribution in [0.5, 0.6) is 0 Å². The maximum Gasteiger partial charge on any atom is 0.0313 e. The van der Waals surface area contributed by atoms with E-state index < -0.39 is 0 Å². The first-order valence-corrected chi connectivity index (χ1v) is 6.65. The minimum Gasteiger partial charge on any atom is -0.311 e. The second-order valence-electron chi connectivity index (χ2n) is 4.93. The molecule has 3 heteroatoms. The summed E-state index contributed by atoms with van der Waals surface area (Å²) < 4.78 is 0. The van der Waals surface area contributed by atoms with E-state index in [1.54, 1.807) is 0 Å². The van der Waals surface area contributed by atoms with Gasteiger partial charge < -0.3 is 5.32 Å². The molecule has 0 saturated carbocycles. The average molecular weight is 233 g/mol. The van der Waals surface area contributed by atoms with E-state index in [0.717, 1.165) is 19.1 Å². The third-order valence-electron chi connectivity index (χ3n) is 3.55. The van der Waals surface area contributed by atoms with Gasteiger partial charge in [-0.25, -0.2) is 0 Å². The van der Waals surface area contributed by atoms with Gasteiger partial charge in [0.2, 0.25) is 0 Å². The zero-order valence-electron chi connectivity index (χ0n) is 10.9. The van der Waals surface area contributed by atoms with Crippen LogP contribution in [0.2, 0.25) is 0 Å². The molecule has 0 aliphatic carbocycles. The summed E-state index contributed by atoms with van der Waals surface area (Å²) >= 11 is 0. The minimum absolute atomic E-state index is 0.734. The highest BCUT2D eigenvalue weighted by Crippen LogP contribution is 2.15. The second-order valence-corrected chi connectivity index (χ2v) is 4.93. The first kappa shape index (κ1) is 12.5. The van der Waals surface area contributed by atoms with Gasteiger partial charge in [0, 0.05) is 31.5 Å². The van der Waals surface area contributed by atoms with Crippen LogP contribution in [-0.4, -0.2) is 35.6 Å². The van der Waals surface area contributed by atoms with Gasteiger partial charge in [-0.2, -0.15) is 0 Å². The number of aromatic nitrogens is 1. The predicted octanol–water partition coefficient (Wildman–Crippen LogP) is 1.96. The number of hydrogen-bond donors (Lipinski definition) is 1. The zero-order chi connectivity index (χ0) is 12.1. The summed E-state index contributed by atoms with van der Waals surface area (Å²) in [5.41, 5.74) is 2.52. The van der Waals surface area contributed by atoms with Crippen molar-refractivity contribution in [3.63, 3.8) is 0 Å². The Morgan fingerprint density at radius 3 is 3.12 bits per heavy atom. The van der Waals surface area contributed by atoms with E-state index in [9.17, 15) is 0 Å². The summed E-state index contributed by atoms with van der Waals surface area (Å²) in [7, 11) is 0. The van der Waals surface area contributed by atoms with E-state index >= 15 is 0 Å². The maximum atomic E-state index is 4.22. The van der Waals surface area contributed by atoms with Crippen molar-refractivity contribution in [3.05, 3.63) is 29.6 Å². The number of aryl methyl sites for hydroxylation is 1. The molecule has 0 bridgehead atoms. The van der Waals surface area contributed by atoms with Gasteiger partial charge in [0.15, 0.2) is 0 Å². The van der Waals surface area contributed by atoms with Crippen molar-refractivity contribution in [1.29, 1.82) is 0 Å². The molecule has 1 unspecified atom stereocenters. The Labute approximate surface area is 104 Å². The molecule has 0 aromatic carbocycles. The van der Waals surface area contributed by atoms with Crippen LogP contribution in [0.3, 0.4) is 0 Å². The van der Waals surface area contributed by atoms with Gasteiger partial charge in [0.1, 0.15) is 0 Å². The van der Waals surface area contributed by atoms with Gasteiger partial charge in [0.05, 0.1) is 0 Å². The Morgan fingerprint density at radius 1 is 1.47 bits per heavy atom.